The summed E-state index contributed by atoms with van der Waals surface area (Å²) >= 11 is 2.32. The van der Waals surface area contributed by atoms with Crippen LogP contribution in [0, 0.1) is 9.49 Å². The van der Waals surface area contributed by atoms with Gasteiger partial charge in [0, 0.05) is 3.57 Å². The molecule has 1 saturated carbocycles. The summed E-state index contributed by atoms with van der Waals surface area (Å²) in [5, 5.41) is 10.1. The SMILES string of the molecule is OC(CCc1ccc(I)cc1)C1CCCC1. The lowest BCUT2D eigenvalue weighted by atomic mass is 9.95. The van der Waals surface area contributed by atoms with Gasteiger partial charge in [-0.1, -0.05) is 25.0 Å². The van der Waals surface area contributed by atoms with E-state index < -0.39 is 0 Å². The number of aliphatic hydroxyl groups excluding tert-OH is 1. The van der Waals surface area contributed by atoms with Gasteiger partial charge in [-0.15, -0.1) is 0 Å². The summed E-state index contributed by atoms with van der Waals surface area (Å²) in [6, 6.07) is 8.61. The Balaban J connectivity index is 1.80. The summed E-state index contributed by atoms with van der Waals surface area (Å²) in [5.41, 5.74) is 1.34. The van der Waals surface area contributed by atoms with Gasteiger partial charge >= 0.3 is 0 Å². The standard InChI is InChI=1S/C14H19IO/c15-13-8-5-11(6-9-13)7-10-14(16)12-3-1-2-4-12/h5-6,8-9,12,14,16H,1-4,7,10H2. The number of hydrogen-bond acceptors (Lipinski definition) is 1. The first-order chi connectivity index (χ1) is 7.75. The first-order valence-electron chi connectivity index (χ1n) is 6.18. The Hall–Kier alpha value is -0.0900. The van der Waals surface area contributed by atoms with E-state index in [1.54, 1.807) is 0 Å². The van der Waals surface area contributed by atoms with Crippen molar-refractivity contribution >= 4 is 22.6 Å². The van der Waals surface area contributed by atoms with Crippen molar-refractivity contribution in [3.63, 3.8) is 0 Å². The van der Waals surface area contributed by atoms with Crippen LogP contribution in [0.15, 0.2) is 24.3 Å². The molecule has 0 aliphatic heterocycles. The molecule has 1 aromatic rings. The zero-order valence-corrected chi connectivity index (χ0v) is 11.7. The van der Waals surface area contributed by atoms with Gasteiger partial charge in [-0.05, 0) is 71.9 Å². The molecule has 0 amide bonds. The molecule has 2 heteroatoms. The molecule has 0 heterocycles. The third-order valence-electron chi connectivity index (χ3n) is 3.59. The van der Waals surface area contributed by atoms with Gasteiger partial charge in [-0.2, -0.15) is 0 Å². The Bertz CT molecular complexity index is 314. The van der Waals surface area contributed by atoms with Crippen molar-refractivity contribution < 1.29 is 5.11 Å². The Morgan fingerprint density at radius 3 is 2.44 bits per heavy atom. The maximum atomic E-state index is 10.1. The number of benzene rings is 1. The lowest BCUT2D eigenvalue weighted by molar-refractivity contribution is 0.102. The van der Waals surface area contributed by atoms with Gasteiger partial charge in [-0.25, -0.2) is 0 Å². The predicted octanol–water partition coefficient (Wildman–Crippen LogP) is 3.77. The molecule has 88 valence electrons. The summed E-state index contributed by atoms with van der Waals surface area (Å²) in [7, 11) is 0. The molecule has 0 aromatic heterocycles. The van der Waals surface area contributed by atoms with Crippen LogP contribution in [0.25, 0.3) is 0 Å². The molecule has 1 aliphatic carbocycles. The van der Waals surface area contributed by atoms with Crippen LogP contribution >= 0.6 is 22.6 Å². The normalized spacial score (nSPS) is 18.9. The van der Waals surface area contributed by atoms with Crippen LogP contribution in [0.1, 0.15) is 37.7 Å². The zero-order chi connectivity index (χ0) is 11.4. The highest BCUT2D eigenvalue weighted by Gasteiger charge is 2.22. The van der Waals surface area contributed by atoms with Crippen LogP contribution in [0.5, 0.6) is 0 Å². The average Bonchev–Trinajstić information content (AvgIpc) is 2.81. The molecule has 1 aromatic carbocycles. The lowest BCUT2D eigenvalue weighted by Crippen LogP contribution is -2.18. The highest BCUT2D eigenvalue weighted by molar-refractivity contribution is 14.1. The van der Waals surface area contributed by atoms with Crippen molar-refractivity contribution in [3.8, 4) is 0 Å². The number of rotatable bonds is 4. The van der Waals surface area contributed by atoms with Gasteiger partial charge in [0.15, 0.2) is 0 Å². The van der Waals surface area contributed by atoms with Gasteiger partial charge in [0.05, 0.1) is 6.10 Å². The summed E-state index contributed by atoms with van der Waals surface area (Å²) in [6.07, 6.45) is 6.93. The first-order valence-corrected chi connectivity index (χ1v) is 7.26. The Morgan fingerprint density at radius 1 is 1.19 bits per heavy atom. The molecule has 0 radical (unpaired) electrons. The van der Waals surface area contributed by atoms with Gasteiger partial charge in [0.1, 0.15) is 0 Å². The van der Waals surface area contributed by atoms with Crippen molar-refractivity contribution in [2.75, 3.05) is 0 Å². The minimum absolute atomic E-state index is 0.0817. The number of hydrogen-bond donors (Lipinski definition) is 1. The largest absolute Gasteiger partial charge is 0.393 e. The highest BCUT2D eigenvalue weighted by Crippen LogP contribution is 2.29. The summed E-state index contributed by atoms with van der Waals surface area (Å²) in [5.74, 6) is 0.573. The van der Waals surface area contributed by atoms with E-state index in [4.69, 9.17) is 0 Å². The molecule has 1 unspecified atom stereocenters. The molecule has 1 fully saturated rings. The summed E-state index contributed by atoms with van der Waals surface area (Å²) < 4.78 is 1.28. The molecule has 1 nitrogen and oxygen atoms in total. The first kappa shape index (κ1) is 12.4. The van der Waals surface area contributed by atoms with E-state index >= 15 is 0 Å². The van der Waals surface area contributed by atoms with Gasteiger partial charge in [0.25, 0.3) is 0 Å². The fourth-order valence-corrected chi connectivity index (χ4v) is 2.90. The van der Waals surface area contributed by atoms with Gasteiger partial charge < -0.3 is 5.11 Å². The maximum absolute atomic E-state index is 10.1. The van der Waals surface area contributed by atoms with E-state index in [-0.39, 0.29) is 6.10 Å². The second kappa shape index (κ2) is 6.01. The minimum Gasteiger partial charge on any atom is -0.393 e. The molecular weight excluding hydrogens is 311 g/mol. The Morgan fingerprint density at radius 2 is 1.81 bits per heavy atom. The van der Waals surface area contributed by atoms with Crippen molar-refractivity contribution in [1.82, 2.24) is 0 Å². The quantitative estimate of drug-likeness (QED) is 0.833. The molecule has 0 saturated heterocycles. The van der Waals surface area contributed by atoms with Crippen LogP contribution in [0.2, 0.25) is 0 Å². The van der Waals surface area contributed by atoms with Crippen LogP contribution in [-0.4, -0.2) is 11.2 Å². The molecular formula is C14H19IO. The average molecular weight is 330 g/mol. The van der Waals surface area contributed by atoms with Crippen molar-refractivity contribution in [1.29, 1.82) is 0 Å². The van der Waals surface area contributed by atoms with Crippen LogP contribution in [0.4, 0.5) is 0 Å². The fraction of sp³-hybridized carbons (Fsp3) is 0.571. The third-order valence-corrected chi connectivity index (χ3v) is 4.31. The van der Waals surface area contributed by atoms with E-state index in [1.165, 1.54) is 34.8 Å². The van der Waals surface area contributed by atoms with E-state index in [1.807, 2.05) is 0 Å². The van der Waals surface area contributed by atoms with E-state index in [2.05, 4.69) is 46.9 Å². The number of aryl methyl sites for hydroxylation is 1. The van der Waals surface area contributed by atoms with Crippen molar-refractivity contribution in [2.24, 2.45) is 5.92 Å². The monoisotopic (exact) mass is 330 g/mol. The summed E-state index contributed by atoms with van der Waals surface area (Å²) in [6.45, 7) is 0. The van der Waals surface area contributed by atoms with Crippen molar-refractivity contribution in [3.05, 3.63) is 33.4 Å². The summed E-state index contributed by atoms with van der Waals surface area (Å²) in [4.78, 5) is 0. The molecule has 0 spiro atoms. The smallest absolute Gasteiger partial charge is 0.0571 e. The van der Waals surface area contributed by atoms with Crippen LogP contribution < -0.4 is 0 Å². The van der Waals surface area contributed by atoms with Gasteiger partial charge in [0.2, 0.25) is 0 Å². The van der Waals surface area contributed by atoms with Crippen LogP contribution in [-0.2, 0) is 6.42 Å². The second-order valence-electron chi connectivity index (χ2n) is 4.78. The Kier molecular flexibility index (Phi) is 4.65. The third kappa shape index (κ3) is 3.45. The van der Waals surface area contributed by atoms with E-state index in [0.29, 0.717) is 5.92 Å². The minimum atomic E-state index is -0.0817. The Labute approximate surface area is 111 Å². The maximum Gasteiger partial charge on any atom is 0.0571 e. The molecule has 1 atom stereocenters. The fourth-order valence-electron chi connectivity index (χ4n) is 2.54. The van der Waals surface area contributed by atoms with Gasteiger partial charge in [-0.3, -0.25) is 0 Å². The zero-order valence-electron chi connectivity index (χ0n) is 9.53. The lowest BCUT2D eigenvalue weighted by Gasteiger charge is -2.17. The molecule has 2 rings (SSSR count). The predicted molar refractivity (Wildman–Crippen MR) is 75.4 cm³/mol. The van der Waals surface area contributed by atoms with E-state index in [0.717, 1.165) is 12.8 Å². The number of aliphatic hydroxyl groups is 1. The second-order valence-corrected chi connectivity index (χ2v) is 6.02. The highest BCUT2D eigenvalue weighted by atomic mass is 127. The topological polar surface area (TPSA) is 20.2 Å². The van der Waals surface area contributed by atoms with Crippen LogP contribution in [0.3, 0.4) is 0 Å². The molecule has 1 aliphatic rings. The van der Waals surface area contributed by atoms with Crippen molar-refractivity contribution in [2.45, 2.75) is 44.6 Å². The molecule has 0 bridgehead atoms. The molecule has 16 heavy (non-hydrogen) atoms. The van der Waals surface area contributed by atoms with E-state index in [9.17, 15) is 5.11 Å². The number of halogens is 1. The molecule has 1 N–H and O–H groups in total.